The average molecular weight is 379 g/mol. The number of fused-ring (bicyclic) bond motifs is 1. The van der Waals surface area contributed by atoms with Crippen LogP contribution in [-0.4, -0.2) is 39.1 Å². The highest BCUT2D eigenvalue weighted by Crippen LogP contribution is 2.30. The summed E-state index contributed by atoms with van der Waals surface area (Å²) in [5.74, 6) is 0.373. The average Bonchev–Trinajstić information content (AvgIpc) is 3.23. The molecule has 0 spiro atoms. The SMILES string of the molecule is COc1ccccc1-n1c(C)cc(/C=C2\C(=N)N3N=CSC3=NC2=O)c1C. The number of nitrogens with zero attached hydrogens (tertiary/aromatic N) is 4. The third-order valence-electron chi connectivity index (χ3n) is 4.49. The Kier molecular flexibility index (Phi) is 4.19. The molecule has 136 valence electrons. The molecule has 8 heteroatoms. The maximum Gasteiger partial charge on any atom is 0.283 e. The number of hydrazone groups is 1. The number of aryl methyl sites for hydroxylation is 1. The second kappa shape index (κ2) is 6.55. The number of amides is 1. The number of carbonyl (C=O) groups is 1. The van der Waals surface area contributed by atoms with E-state index in [9.17, 15) is 4.79 Å². The second-order valence-corrected chi connectivity index (χ2v) is 6.90. The summed E-state index contributed by atoms with van der Waals surface area (Å²) in [7, 11) is 1.64. The van der Waals surface area contributed by atoms with Crippen molar-refractivity contribution >= 4 is 40.3 Å². The Hall–Kier alpha value is -3.13. The van der Waals surface area contributed by atoms with E-state index in [1.807, 2.05) is 44.2 Å². The second-order valence-electron chi connectivity index (χ2n) is 6.09. The molecule has 2 aliphatic heterocycles. The molecule has 1 aromatic carbocycles. The highest BCUT2D eigenvalue weighted by molar-refractivity contribution is 8.25. The Morgan fingerprint density at radius 1 is 1.26 bits per heavy atom. The van der Waals surface area contributed by atoms with Gasteiger partial charge < -0.3 is 9.30 Å². The van der Waals surface area contributed by atoms with Crippen molar-refractivity contribution in [1.82, 2.24) is 9.58 Å². The lowest BCUT2D eigenvalue weighted by Gasteiger charge is -2.20. The van der Waals surface area contributed by atoms with Crippen molar-refractivity contribution in [3.05, 3.63) is 52.9 Å². The first-order valence-electron chi connectivity index (χ1n) is 8.26. The Labute approximate surface area is 160 Å². The molecule has 0 radical (unpaired) electrons. The number of aromatic nitrogens is 1. The molecule has 1 N–H and O–H groups in total. The summed E-state index contributed by atoms with van der Waals surface area (Å²) in [4.78, 5) is 16.4. The molecular weight excluding hydrogens is 362 g/mol. The quantitative estimate of drug-likeness (QED) is 0.829. The van der Waals surface area contributed by atoms with E-state index < -0.39 is 5.91 Å². The maximum absolute atomic E-state index is 12.4. The third kappa shape index (κ3) is 2.78. The number of methoxy groups -OCH3 is 1. The number of nitrogens with one attached hydrogen (secondary N) is 1. The van der Waals surface area contributed by atoms with Crippen molar-refractivity contribution in [3.63, 3.8) is 0 Å². The highest BCUT2D eigenvalue weighted by Gasteiger charge is 2.32. The number of ether oxygens (including phenoxy) is 1. The van der Waals surface area contributed by atoms with Crippen LogP contribution in [0.15, 0.2) is 46.0 Å². The maximum atomic E-state index is 12.4. The molecule has 3 heterocycles. The van der Waals surface area contributed by atoms with E-state index in [1.54, 1.807) is 18.7 Å². The predicted octanol–water partition coefficient (Wildman–Crippen LogP) is 3.35. The lowest BCUT2D eigenvalue weighted by Crippen LogP contribution is -2.35. The monoisotopic (exact) mass is 379 g/mol. The first-order chi connectivity index (χ1) is 13.0. The van der Waals surface area contributed by atoms with Gasteiger partial charge in [-0.3, -0.25) is 10.2 Å². The van der Waals surface area contributed by atoms with Gasteiger partial charge in [-0.05, 0) is 55.4 Å². The fourth-order valence-corrected chi connectivity index (χ4v) is 3.82. The smallest absolute Gasteiger partial charge is 0.283 e. The van der Waals surface area contributed by atoms with E-state index in [4.69, 9.17) is 10.1 Å². The molecule has 0 unspecified atom stereocenters. The van der Waals surface area contributed by atoms with Gasteiger partial charge in [0.1, 0.15) is 5.75 Å². The first-order valence-corrected chi connectivity index (χ1v) is 9.14. The Morgan fingerprint density at radius 3 is 2.81 bits per heavy atom. The zero-order valence-electron chi connectivity index (χ0n) is 15.1. The molecule has 4 rings (SSSR count). The molecule has 2 aromatic rings. The summed E-state index contributed by atoms with van der Waals surface area (Å²) in [6.45, 7) is 3.97. The number of thioether (sulfide) groups is 1. The van der Waals surface area contributed by atoms with Gasteiger partial charge in [0.2, 0.25) is 0 Å². The number of rotatable bonds is 3. The number of para-hydroxylation sites is 2. The van der Waals surface area contributed by atoms with Crippen LogP contribution in [0.5, 0.6) is 5.75 Å². The topological polar surface area (TPSA) is 83.0 Å². The van der Waals surface area contributed by atoms with Gasteiger partial charge in [-0.1, -0.05) is 12.1 Å². The third-order valence-corrected chi connectivity index (χ3v) is 5.17. The lowest BCUT2D eigenvalue weighted by atomic mass is 10.1. The van der Waals surface area contributed by atoms with Gasteiger partial charge in [0.05, 0.1) is 23.9 Å². The largest absolute Gasteiger partial charge is 0.495 e. The van der Waals surface area contributed by atoms with Gasteiger partial charge in [0, 0.05) is 11.4 Å². The Bertz CT molecular complexity index is 1060. The van der Waals surface area contributed by atoms with Gasteiger partial charge >= 0.3 is 0 Å². The number of carbonyl (C=O) groups excluding carboxylic acids is 1. The summed E-state index contributed by atoms with van der Waals surface area (Å²) >= 11 is 1.23. The summed E-state index contributed by atoms with van der Waals surface area (Å²) in [6, 6.07) is 9.75. The molecule has 0 fully saturated rings. The van der Waals surface area contributed by atoms with Crippen molar-refractivity contribution in [1.29, 1.82) is 5.41 Å². The Morgan fingerprint density at radius 2 is 2.04 bits per heavy atom. The van der Waals surface area contributed by atoms with Gasteiger partial charge in [-0.2, -0.15) is 15.1 Å². The van der Waals surface area contributed by atoms with Crippen molar-refractivity contribution in [2.75, 3.05) is 7.11 Å². The van der Waals surface area contributed by atoms with Crippen LogP contribution in [0, 0.1) is 19.3 Å². The van der Waals surface area contributed by atoms with Crippen LogP contribution in [0.1, 0.15) is 17.0 Å². The van der Waals surface area contributed by atoms with Gasteiger partial charge in [0.15, 0.2) is 11.0 Å². The van der Waals surface area contributed by atoms with E-state index in [1.165, 1.54) is 16.8 Å². The molecule has 0 bridgehead atoms. The summed E-state index contributed by atoms with van der Waals surface area (Å²) < 4.78 is 7.55. The molecule has 0 saturated carbocycles. The van der Waals surface area contributed by atoms with Crippen LogP contribution in [0.3, 0.4) is 0 Å². The van der Waals surface area contributed by atoms with E-state index in [0.717, 1.165) is 28.4 Å². The number of hydrogen-bond donors (Lipinski definition) is 1. The van der Waals surface area contributed by atoms with Gasteiger partial charge in [0.25, 0.3) is 5.91 Å². The molecule has 1 amide bonds. The lowest BCUT2D eigenvalue weighted by molar-refractivity contribution is -0.114. The highest BCUT2D eigenvalue weighted by atomic mass is 32.2. The van der Waals surface area contributed by atoms with Crippen molar-refractivity contribution in [2.24, 2.45) is 10.1 Å². The van der Waals surface area contributed by atoms with Gasteiger partial charge in [-0.15, -0.1) is 0 Å². The predicted molar refractivity (Wildman–Crippen MR) is 108 cm³/mol. The minimum atomic E-state index is -0.425. The minimum absolute atomic E-state index is 0.0355. The molecule has 7 nitrogen and oxygen atoms in total. The van der Waals surface area contributed by atoms with Crippen molar-refractivity contribution < 1.29 is 9.53 Å². The van der Waals surface area contributed by atoms with Crippen LogP contribution >= 0.6 is 11.8 Å². The van der Waals surface area contributed by atoms with Crippen molar-refractivity contribution in [2.45, 2.75) is 13.8 Å². The summed E-state index contributed by atoms with van der Waals surface area (Å²) in [6.07, 6.45) is 1.71. The number of aliphatic imine (C=N–C) groups is 1. The van der Waals surface area contributed by atoms with E-state index >= 15 is 0 Å². The van der Waals surface area contributed by atoms with Crippen LogP contribution in [0.2, 0.25) is 0 Å². The summed E-state index contributed by atoms with van der Waals surface area (Å²) in [5.41, 5.74) is 5.50. The normalized spacial score (nSPS) is 17.5. The van der Waals surface area contributed by atoms with Crippen molar-refractivity contribution in [3.8, 4) is 11.4 Å². The number of benzene rings is 1. The molecular formula is C19H17N5O2S. The van der Waals surface area contributed by atoms with E-state index in [2.05, 4.69) is 14.7 Å². The molecule has 2 aliphatic rings. The molecule has 0 aliphatic carbocycles. The standard InChI is InChI=1S/C19H17N5O2S/c1-11-8-13(12(2)23(11)15-6-4-5-7-16(15)26-3)9-14-17(20)24-19(22-18(14)25)27-10-21-24/h4-10,20H,1-3H3/b14-9+,20-17?. The first kappa shape index (κ1) is 17.3. The minimum Gasteiger partial charge on any atom is -0.495 e. The van der Waals surface area contributed by atoms with Gasteiger partial charge in [-0.25, -0.2) is 0 Å². The van der Waals surface area contributed by atoms with E-state index in [0.29, 0.717) is 5.17 Å². The van der Waals surface area contributed by atoms with Crippen LogP contribution in [0.4, 0.5) is 0 Å². The Balaban J connectivity index is 1.81. The number of hydrogen-bond acceptors (Lipinski definition) is 5. The zero-order chi connectivity index (χ0) is 19.1. The molecule has 0 atom stereocenters. The van der Waals surface area contributed by atoms with Crippen LogP contribution in [0.25, 0.3) is 11.8 Å². The fourth-order valence-electron chi connectivity index (χ4n) is 3.21. The fraction of sp³-hybridized carbons (Fsp3) is 0.158. The van der Waals surface area contributed by atoms with Crippen LogP contribution < -0.4 is 4.74 Å². The number of amidine groups is 2. The van der Waals surface area contributed by atoms with E-state index in [-0.39, 0.29) is 11.4 Å². The molecule has 1 aromatic heterocycles. The van der Waals surface area contributed by atoms with Crippen LogP contribution in [-0.2, 0) is 4.79 Å². The molecule has 27 heavy (non-hydrogen) atoms. The molecule has 0 saturated heterocycles. The summed E-state index contributed by atoms with van der Waals surface area (Å²) in [5, 5.41) is 14.2. The zero-order valence-corrected chi connectivity index (χ0v) is 15.9.